The highest BCUT2D eigenvalue weighted by molar-refractivity contribution is 9.10. The molecule has 2 aromatic rings. The molecule has 0 unspecified atom stereocenters. The normalized spacial score (nSPS) is 15.2. The molecular formula is C21H21BrN2O2. The van der Waals surface area contributed by atoms with Gasteiger partial charge in [-0.05, 0) is 42.7 Å². The minimum atomic E-state index is -0.0591. The average Bonchev–Trinajstić information content (AvgIpc) is 2.67. The third kappa shape index (κ3) is 5.05. The highest BCUT2D eigenvalue weighted by Gasteiger charge is 2.26. The molecule has 0 radical (unpaired) electrons. The minimum Gasteiger partial charge on any atom is -0.339 e. The lowest BCUT2D eigenvalue weighted by molar-refractivity contribution is -0.130. The van der Waals surface area contributed by atoms with Crippen molar-refractivity contribution in [3.05, 3.63) is 70.7 Å². The van der Waals surface area contributed by atoms with Crippen molar-refractivity contribution in [3.63, 3.8) is 0 Å². The fraction of sp³-hybridized carbons (Fsp3) is 0.238. The Hall–Kier alpha value is -2.40. The third-order valence-electron chi connectivity index (χ3n) is 4.49. The van der Waals surface area contributed by atoms with E-state index in [9.17, 15) is 9.59 Å². The molecule has 0 bridgehead atoms. The van der Waals surface area contributed by atoms with Crippen LogP contribution in [0.15, 0.2) is 65.1 Å². The summed E-state index contributed by atoms with van der Waals surface area (Å²) in [6, 6.07) is 17.3. The molecule has 1 fully saturated rings. The van der Waals surface area contributed by atoms with Gasteiger partial charge in [-0.3, -0.25) is 9.59 Å². The number of hydrogen-bond acceptors (Lipinski definition) is 2. The molecule has 0 aromatic heterocycles. The molecule has 134 valence electrons. The summed E-state index contributed by atoms with van der Waals surface area (Å²) in [6.07, 6.45) is 4.81. The molecule has 3 rings (SSSR count). The molecule has 2 amide bonds. The van der Waals surface area contributed by atoms with E-state index in [0.29, 0.717) is 25.9 Å². The fourth-order valence-electron chi connectivity index (χ4n) is 3.01. The molecule has 0 aliphatic carbocycles. The molecular weight excluding hydrogens is 392 g/mol. The van der Waals surface area contributed by atoms with E-state index in [-0.39, 0.29) is 17.7 Å². The number of hydrogen-bond donors (Lipinski definition) is 1. The lowest BCUT2D eigenvalue weighted by Gasteiger charge is -2.30. The number of rotatable bonds is 4. The Balaban J connectivity index is 1.49. The van der Waals surface area contributed by atoms with Crippen LogP contribution in [0.4, 0.5) is 5.69 Å². The zero-order valence-electron chi connectivity index (χ0n) is 14.4. The zero-order chi connectivity index (χ0) is 18.4. The van der Waals surface area contributed by atoms with Gasteiger partial charge >= 0.3 is 0 Å². The number of piperidine rings is 1. The second-order valence-corrected chi connectivity index (χ2v) is 7.26. The molecule has 26 heavy (non-hydrogen) atoms. The first-order chi connectivity index (χ1) is 12.6. The first-order valence-corrected chi connectivity index (χ1v) is 9.49. The number of carbonyl (C=O) groups excluding carboxylic acids is 2. The maximum absolute atomic E-state index is 12.4. The summed E-state index contributed by atoms with van der Waals surface area (Å²) in [5, 5.41) is 2.96. The summed E-state index contributed by atoms with van der Waals surface area (Å²) >= 11 is 3.40. The predicted molar refractivity (Wildman–Crippen MR) is 108 cm³/mol. The Kier molecular flexibility index (Phi) is 6.23. The molecule has 1 heterocycles. The molecule has 0 spiro atoms. The number of amides is 2. The van der Waals surface area contributed by atoms with Crippen molar-refractivity contribution < 1.29 is 9.59 Å². The van der Waals surface area contributed by atoms with Crippen molar-refractivity contribution in [2.45, 2.75) is 12.8 Å². The van der Waals surface area contributed by atoms with Crippen LogP contribution in [-0.4, -0.2) is 29.8 Å². The summed E-state index contributed by atoms with van der Waals surface area (Å²) in [6.45, 7) is 1.21. The van der Waals surface area contributed by atoms with Crippen LogP contribution < -0.4 is 5.32 Å². The zero-order valence-corrected chi connectivity index (χ0v) is 16.0. The number of halogens is 1. The van der Waals surface area contributed by atoms with Gasteiger partial charge in [0.05, 0.1) is 0 Å². The number of nitrogens with zero attached hydrogens (tertiary/aromatic N) is 1. The number of nitrogens with one attached hydrogen (secondary N) is 1. The maximum Gasteiger partial charge on any atom is 0.246 e. The van der Waals surface area contributed by atoms with Crippen molar-refractivity contribution in [1.29, 1.82) is 0 Å². The van der Waals surface area contributed by atoms with Gasteiger partial charge in [0.25, 0.3) is 0 Å². The van der Waals surface area contributed by atoms with Gasteiger partial charge in [-0.25, -0.2) is 0 Å². The van der Waals surface area contributed by atoms with Gasteiger partial charge in [-0.1, -0.05) is 52.3 Å². The van der Waals surface area contributed by atoms with Gasteiger partial charge in [0.15, 0.2) is 0 Å². The summed E-state index contributed by atoms with van der Waals surface area (Å²) < 4.78 is 0.931. The SMILES string of the molecule is O=C(Nc1cccc(Br)c1)C1CCN(C(=O)/C=C\c2ccccc2)CC1. The van der Waals surface area contributed by atoms with Crippen LogP contribution in [-0.2, 0) is 9.59 Å². The van der Waals surface area contributed by atoms with Crippen molar-refractivity contribution in [3.8, 4) is 0 Å². The second kappa shape index (κ2) is 8.81. The lowest BCUT2D eigenvalue weighted by atomic mass is 9.95. The minimum absolute atomic E-state index is 0.000277. The van der Waals surface area contributed by atoms with E-state index in [2.05, 4.69) is 21.2 Å². The van der Waals surface area contributed by atoms with Crippen molar-refractivity contribution in [1.82, 2.24) is 4.90 Å². The molecule has 1 aliphatic heterocycles. The van der Waals surface area contributed by atoms with Gasteiger partial charge in [-0.15, -0.1) is 0 Å². The number of likely N-dealkylation sites (tertiary alicyclic amines) is 1. The molecule has 4 nitrogen and oxygen atoms in total. The smallest absolute Gasteiger partial charge is 0.246 e. The Morgan fingerprint density at radius 1 is 1.04 bits per heavy atom. The van der Waals surface area contributed by atoms with E-state index in [1.54, 1.807) is 6.08 Å². The molecule has 1 N–H and O–H groups in total. The fourth-order valence-corrected chi connectivity index (χ4v) is 3.41. The summed E-state index contributed by atoms with van der Waals surface area (Å²) in [5.74, 6) is -0.0362. The Bertz CT molecular complexity index is 797. The number of benzene rings is 2. The van der Waals surface area contributed by atoms with E-state index in [4.69, 9.17) is 0 Å². The van der Waals surface area contributed by atoms with Crippen LogP contribution in [0.3, 0.4) is 0 Å². The highest BCUT2D eigenvalue weighted by atomic mass is 79.9. The van der Waals surface area contributed by atoms with Gasteiger partial charge in [0.2, 0.25) is 11.8 Å². The predicted octanol–water partition coefficient (Wildman–Crippen LogP) is 4.34. The molecule has 0 atom stereocenters. The van der Waals surface area contributed by atoms with E-state index in [0.717, 1.165) is 15.7 Å². The number of carbonyl (C=O) groups is 2. The Labute approximate surface area is 162 Å². The molecule has 1 saturated heterocycles. The first kappa shape index (κ1) is 18.4. The average molecular weight is 413 g/mol. The lowest BCUT2D eigenvalue weighted by Crippen LogP contribution is -2.40. The van der Waals surface area contributed by atoms with E-state index >= 15 is 0 Å². The summed E-state index contributed by atoms with van der Waals surface area (Å²) in [7, 11) is 0. The van der Waals surface area contributed by atoms with Crippen molar-refractivity contribution in [2.24, 2.45) is 5.92 Å². The van der Waals surface area contributed by atoms with E-state index in [1.165, 1.54) is 0 Å². The van der Waals surface area contributed by atoms with Crippen LogP contribution in [0.1, 0.15) is 18.4 Å². The summed E-state index contributed by atoms with van der Waals surface area (Å²) in [5.41, 5.74) is 1.79. The largest absolute Gasteiger partial charge is 0.339 e. The standard InChI is InChI=1S/C21H21BrN2O2/c22-18-7-4-8-19(15-18)23-21(26)17-11-13-24(14-12-17)20(25)10-9-16-5-2-1-3-6-16/h1-10,15,17H,11-14H2,(H,23,26)/b10-9-. The van der Waals surface area contributed by atoms with Crippen molar-refractivity contribution in [2.75, 3.05) is 18.4 Å². The third-order valence-corrected chi connectivity index (χ3v) is 4.98. The highest BCUT2D eigenvalue weighted by Crippen LogP contribution is 2.21. The van der Waals surface area contributed by atoms with E-state index in [1.807, 2.05) is 65.6 Å². The topological polar surface area (TPSA) is 49.4 Å². The monoisotopic (exact) mass is 412 g/mol. The van der Waals surface area contributed by atoms with Crippen molar-refractivity contribution >= 4 is 39.5 Å². The first-order valence-electron chi connectivity index (χ1n) is 8.70. The Morgan fingerprint density at radius 2 is 1.77 bits per heavy atom. The summed E-state index contributed by atoms with van der Waals surface area (Å²) in [4.78, 5) is 26.5. The number of anilines is 1. The molecule has 0 saturated carbocycles. The van der Waals surface area contributed by atoms with Crippen LogP contribution in [0.2, 0.25) is 0 Å². The van der Waals surface area contributed by atoms with Crippen LogP contribution >= 0.6 is 15.9 Å². The van der Waals surface area contributed by atoms with Gasteiger partial charge in [0.1, 0.15) is 0 Å². The van der Waals surface area contributed by atoms with Crippen LogP contribution in [0.5, 0.6) is 0 Å². The van der Waals surface area contributed by atoms with Crippen LogP contribution in [0, 0.1) is 5.92 Å². The Morgan fingerprint density at radius 3 is 2.46 bits per heavy atom. The maximum atomic E-state index is 12.4. The quantitative estimate of drug-likeness (QED) is 0.759. The molecule has 5 heteroatoms. The van der Waals surface area contributed by atoms with E-state index < -0.39 is 0 Å². The van der Waals surface area contributed by atoms with Gasteiger partial charge in [-0.2, -0.15) is 0 Å². The molecule has 1 aliphatic rings. The van der Waals surface area contributed by atoms with Gasteiger partial charge < -0.3 is 10.2 Å². The molecule has 2 aromatic carbocycles. The van der Waals surface area contributed by atoms with Crippen LogP contribution in [0.25, 0.3) is 6.08 Å². The second-order valence-electron chi connectivity index (χ2n) is 6.34. The van der Waals surface area contributed by atoms with Gasteiger partial charge in [0, 0.05) is 35.2 Å².